The Morgan fingerprint density at radius 2 is 2.05 bits per heavy atom. The van der Waals surface area contributed by atoms with E-state index in [1.807, 2.05) is 18.2 Å². The molecule has 0 spiro atoms. The van der Waals surface area contributed by atoms with Gasteiger partial charge >= 0.3 is 0 Å². The Bertz CT molecular complexity index is 545. The largest absolute Gasteiger partial charge is 0.310 e. The number of nitrogens with zero attached hydrogens (tertiary/aromatic N) is 1. The zero-order valence-electron chi connectivity index (χ0n) is 11.1. The monoisotopic (exact) mass is 276 g/mol. The van der Waals surface area contributed by atoms with E-state index in [1.165, 1.54) is 17.8 Å². The van der Waals surface area contributed by atoms with Crippen molar-refractivity contribution < 1.29 is 4.39 Å². The van der Waals surface area contributed by atoms with Crippen LogP contribution in [0.15, 0.2) is 52.5 Å². The van der Waals surface area contributed by atoms with Gasteiger partial charge in [0.15, 0.2) is 0 Å². The van der Waals surface area contributed by atoms with E-state index in [4.69, 9.17) is 0 Å². The maximum absolute atomic E-state index is 13.7. The fourth-order valence-electron chi connectivity index (χ4n) is 1.87. The van der Waals surface area contributed by atoms with E-state index in [0.29, 0.717) is 4.90 Å². The van der Waals surface area contributed by atoms with Crippen LogP contribution in [0.3, 0.4) is 0 Å². The summed E-state index contributed by atoms with van der Waals surface area (Å²) in [6.45, 7) is 5.04. The first-order valence-corrected chi connectivity index (χ1v) is 7.14. The van der Waals surface area contributed by atoms with Crippen molar-refractivity contribution in [1.82, 2.24) is 10.3 Å². The molecule has 2 rings (SSSR count). The second-order valence-electron chi connectivity index (χ2n) is 4.21. The Kier molecular flexibility index (Phi) is 4.93. The summed E-state index contributed by atoms with van der Waals surface area (Å²) in [4.78, 5) is 4.98. The summed E-state index contributed by atoms with van der Waals surface area (Å²) in [6.07, 6.45) is 1.74. The van der Waals surface area contributed by atoms with Crippen LogP contribution in [-0.4, -0.2) is 11.5 Å². The first-order chi connectivity index (χ1) is 9.22. The molecule has 2 aromatic rings. The topological polar surface area (TPSA) is 24.9 Å². The molecule has 4 heteroatoms. The van der Waals surface area contributed by atoms with Gasteiger partial charge in [-0.05, 0) is 31.7 Å². The molecule has 0 amide bonds. The smallest absolute Gasteiger partial charge is 0.137 e. The molecule has 0 bridgehead atoms. The van der Waals surface area contributed by atoms with Gasteiger partial charge in [0.1, 0.15) is 10.8 Å². The van der Waals surface area contributed by atoms with Crippen molar-refractivity contribution in [2.45, 2.75) is 29.8 Å². The molecule has 1 unspecified atom stereocenters. The molecular formula is C15H17FN2S. The van der Waals surface area contributed by atoms with Crippen LogP contribution in [0, 0.1) is 5.82 Å². The SMILES string of the molecule is CCNC(C)c1cccnc1Sc1ccccc1F. The second-order valence-corrected chi connectivity index (χ2v) is 5.24. The van der Waals surface area contributed by atoms with Crippen molar-refractivity contribution >= 4 is 11.8 Å². The van der Waals surface area contributed by atoms with Crippen molar-refractivity contribution in [3.05, 3.63) is 54.0 Å². The van der Waals surface area contributed by atoms with Gasteiger partial charge in [0.05, 0.1) is 0 Å². The zero-order valence-corrected chi connectivity index (χ0v) is 11.9. The number of halogens is 1. The minimum atomic E-state index is -0.208. The Labute approximate surface area is 117 Å². The van der Waals surface area contributed by atoms with Crippen LogP contribution in [0.25, 0.3) is 0 Å². The molecule has 100 valence electrons. The maximum atomic E-state index is 13.7. The molecule has 1 heterocycles. The molecule has 0 radical (unpaired) electrons. The van der Waals surface area contributed by atoms with Gasteiger partial charge < -0.3 is 5.32 Å². The Hall–Kier alpha value is -1.39. The van der Waals surface area contributed by atoms with Gasteiger partial charge in [0, 0.05) is 22.7 Å². The highest BCUT2D eigenvalue weighted by Gasteiger charge is 2.13. The normalized spacial score (nSPS) is 12.4. The fraction of sp³-hybridized carbons (Fsp3) is 0.267. The van der Waals surface area contributed by atoms with Gasteiger partial charge in [0.25, 0.3) is 0 Å². The Morgan fingerprint density at radius 1 is 1.26 bits per heavy atom. The van der Waals surface area contributed by atoms with Crippen molar-refractivity contribution in [1.29, 1.82) is 0 Å². The lowest BCUT2D eigenvalue weighted by molar-refractivity contribution is 0.584. The van der Waals surface area contributed by atoms with E-state index in [1.54, 1.807) is 18.3 Å². The second kappa shape index (κ2) is 6.68. The van der Waals surface area contributed by atoms with Gasteiger partial charge in [-0.25, -0.2) is 9.37 Å². The van der Waals surface area contributed by atoms with Crippen molar-refractivity contribution in [2.24, 2.45) is 0 Å². The third kappa shape index (κ3) is 3.55. The lowest BCUT2D eigenvalue weighted by atomic mass is 10.1. The molecule has 19 heavy (non-hydrogen) atoms. The predicted molar refractivity (Wildman–Crippen MR) is 76.9 cm³/mol. The minimum absolute atomic E-state index is 0.202. The first-order valence-electron chi connectivity index (χ1n) is 6.33. The number of rotatable bonds is 5. The summed E-state index contributed by atoms with van der Waals surface area (Å²) in [5.41, 5.74) is 1.10. The number of benzene rings is 1. The third-order valence-corrected chi connectivity index (χ3v) is 3.91. The summed E-state index contributed by atoms with van der Waals surface area (Å²) < 4.78 is 13.7. The van der Waals surface area contributed by atoms with Crippen LogP contribution in [0.2, 0.25) is 0 Å². The van der Waals surface area contributed by atoms with Gasteiger partial charge in [-0.1, -0.05) is 36.9 Å². The number of pyridine rings is 1. The Morgan fingerprint density at radius 3 is 2.79 bits per heavy atom. The molecule has 2 nitrogen and oxygen atoms in total. The maximum Gasteiger partial charge on any atom is 0.137 e. The average molecular weight is 276 g/mol. The van der Waals surface area contributed by atoms with Crippen molar-refractivity contribution in [3.63, 3.8) is 0 Å². The average Bonchev–Trinajstić information content (AvgIpc) is 2.42. The van der Waals surface area contributed by atoms with E-state index in [0.717, 1.165) is 17.1 Å². The van der Waals surface area contributed by atoms with E-state index >= 15 is 0 Å². The number of aromatic nitrogens is 1. The van der Waals surface area contributed by atoms with Gasteiger partial charge in [-0.15, -0.1) is 0 Å². The van der Waals surface area contributed by atoms with Crippen LogP contribution in [0.1, 0.15) is 25.5 Å². The van der Waals surface area contributed by atoms with Gasteiger partial charge in [0.2, 0.25) is 0 Å². The summed E-state index contributed by atoms with van der Waals surface area (Å²) >= 11 is 1.37. The van der Waals surface area contributed by atoms with Crippen LogP contribution in [-0.2, 0) is 0 Å². The molecule has 0 aliphatic heterocycles. The summed E-state index contributed by atoms with van der Waals surface area (Å²) in [5, 5.41) is 4.20. The van der Waals surface area contributed by atoms with E-state index in [-0.39, 0.29) is 11.9 Å². The number of nitrogens with one attached hydrogen (secondary N) is 1. The molecule has 1 atom stereocenters. The molecule has 0 aliphatic rings. The van der Waals surface area contributed by atoms with E-state index in [2.05, 4.69) is 24.1 Å². The molecule has 1 aromatic heterocycles. The highest BCUT2D eigenvalue weighted by Crippen LogP contribution is 2.32. The van der Waals surface area contributed by atoms with Crippen LogP contribution >= 0.6 is 11.8 Å². The van der Waals surface area contributed by atoms with Gasteiger partial charge in [-0.2, -0.15) is 0 Å². The summed E-state index contributed by atoms with van der Waals surface area (Å²) in [5.74, 6) is -0.208. The minimum Gasteiger partial charge on any atom is -0.310 e. The lowest BCUT2D eigenvalue weighted by Crippen LogP contribution is -2.18. The van der Waals surface area contributed by atoms with E-state index in [9.17, 15) is 4.39 Å². The standard InChI is InChI=1S/C15H17FN2S/c1-3-17-11(2)12-7-6-10-18-15(12)19-14-9-5-4-8-13(14)16/h4-11,17H,3H2,1-2H3. The molecule has 0 saturated carbocycles. The fourth-order valence-corrected chi connectivity index (χ4v) is 2.86. The number of hydrogen-bond acceptors (Lipinski definition) is 3. The number of hydrogen-bond donors (Lipinski definition) is 1. The molecule has 1 aromatic carbocycles. The van der Waals surface area contributed by atoms with Crippen molar-refractivity contribution in [2.75, 3.05) is 6.54 Å². The van der Waals surface area contributed by atoms with E-state index < -0.39 is 0 Å². The molecule has 0 aliphatic carbocycles. The van der Waals surface area contributed by atoms with Crippen molar-refractivity contribution in [3.8, 4) is 0 Å². The molecule has 0 saturated heterocycles. The zero-order chi connectivity index (χ0) is 13.7. The lowest BCUT2D eigenvalue weighted by Gasteiger charge is -2.15. The quantitative estimate of drug-likeness (QED) is 0.892. The molecule has 0 fully saturated rings. The summed E-state index contributed by atoms with van der Waals surface area (Å²) in [6, 6.07) is 10.9. The van der Waals surface area contributed by atoms with Crippen LogP contribution < -0.4 is 5.32 Å². The predicted octanol–water partition coefficient (Wildman–Crippen LogP) is 4.04. The first kappa shape index (κ1) is 14.0. The van der Waals surface area contributed by atoms with Crippen LogP contribution in [0.4, 0.5) is 4.39 Å². The molecular weight excluding hydrogens is 259 g/mol. The highest BCUT2D eigenvalue weighted by molar-refractivity contribution is 7.99. The highest BCUT2D eigenvalue weighted by atomic mass is 32.2. The van der Waals surface area contributed by atoms with Gasteiger partial charge in [-0.3, -0.25) is 0 Å². The summed E-state index contributed by atoms with van der Waals surface area (Å²) in [7, 11) is 0. The third-order valence-electron chi connectivity index (χ3n) is 2.82. The van der Waals surface area contributed by atoms with Crippen LogP contribution in [0.5, 0.6) is 0 Å². The molecule has 1 N–H and O–H groups in total. The Balaban J connectivity index is 2.28.